The molecule has 0 aromatic heterocycles. The van der Waals surface area contributed by atoms with Crippen molar-refractivity contribution in [3.63, 3.8) is 0 Å². The Bertz CT molecular complexity index is 489. The van der Waals surface area contributed by atoms with Gasteiger partial charge in [-0.2, -0.15) is 0 Å². The SMILES string of the molecule is COc1ccc(I)c(-c2ccc(C)cc2)c1. The van der Waals surface area contributed by atoms with Gasteiger partial charge < -0.3 is 4.74 Å². The zero-order valence-corrected chi connectivity index (χ0v) is 11.5. The van der Waals surface area contributed by atoms with Crippen LogP contribution in [0, 0.1) is 10.5 Å². The molecule has 0 saturated heterocycles. The summed E-state index contributed by atoms with van der Waals surface area (Å²) in [7, 11) is 1.70. The number of hydrogen-bond acceptors (Lipinski definition) is 1. The molecule has 0 spiro atoms. The van der Waals surface area contributed by atoms with Gasteiger partial charge in [0.15, 0.2) is 0 Å². The van der Waals surface area contributed by atoms with Crippen LogP contribution in [0.3, 0.4) is 0 Å². The Morgan fingerprint density at radius 3 is 2.31 bits per heavy atom. The topological polar surface area (TPSA) is 9.23 Å². The maximum atomic E-state index is 5.25. The van der Waals surface area contributed by atoms with Gasteiger partial charge in [-0.05, 0) is 58.8 Å². The van der Waals surface area contributed by atoms with Gasteiger partial charge in [-0.1, -0.05) is 29.8 Å². The van der Waals surface area contributed by atoms with Gasteiger partial charge in [0.2, 0.25) is 0 Å². The molecule has 0 aliphatic rings. The molecule has 2 rings (SSSR count). The van der Waals surface area contributed by atoms with Crippen LogP contribution in [0.15, 0.2) is 42.5 Å². The average molecular weight is 324 g/mol. The highest BCUT2D eigenvalue weighted by molar-refractivity contribution is 14.1. The number of hydrogen-bond donors (Lipinski definition) is 0. The first-order chi connectivity index (χ1) is 7.70. The van der Waals surface area contributed by atoms with Crippen molar-refractivity contribution < 1.29 is 4.74 Å². The van der Waals surface area contributed by atoms with E-state index in [9.17, 15) is 0 Å². The summed E-state index contributed by atoms with van der Waals surface area (Å²) in [6, 6.07) is 14.7. The summed E-state index contributed by atoms with van der Waals surface area (Å²) in [5.74, 6) is 0.899. The van der Waals surface area contributed by atoms with Gasteiger partial charge in [-0.3, -0.25) is 0 Å². The van der Waals surface area contributed by atoms with Crippen molar-refractivity contribution >= 4 is 22.6 Å². The van der Waals surface area contributed by atoms with Crippen LogP contribution >= 0.6 is 22.6 Å². The molecule has 2 aromatic carbocycles. The molecule has 0 aliphatic heterocycles. The monoisotopic (exact) mass is 324 g/mol. The smallest absolute Gasteiger partial charge is 0.119 e. The lowest BCUT2D eigenvalue weighted by atomic mass is 10.0. The molecule has 82 valence electrons. The molecule has 0 unspecified atom stereocenters. The Balaban J connectivity index is 2.50. The lowest BCUT2D eigenvalue weighted by molar-refractivity contribution is 0.415. The summed E-state index contributed by atoms with van der Waals surface area (Å²) in [6.07, 6.45) is 0. The zero-order valence-electron chi connectivity index (χ0n) is 9.33. The van der Waals surface area contributed by atoms with Crippen molar-refractivity contribution in [2.45, 2.75) is 6.92 Å². The molecule has 0 saturated carbocycles. The normalized spacial score (nSPS) is 10.2. The minimum Gasteiger partial charge on any atom is -0.497 e. The quantitative estimate of drug-likeness (QED) is 0.750. The standard InChI is InChI=1S/C14H13IO/c1-10-3-5-11(6-4-10)13-9-12(16-2)7-8-14(13)15/h3-9H,1-2H3. The summed E-state index contributed by atoms with van der Waals surface area (Å²) < 4.78 is 6.49. The first kappa shape index (κ1) is 11.5. The first-order valence-corrected chi connectivity index (χ1v) is 6.19. The van der Waals surface area contributed by atoms with Crippen molar-refractivity contribution in [2.24, 2.45) is 0 Å². The fourth-order valence-electron chi connectivity index (χ4n) is 1.59. The van der Waals surface area contributed by atoms with Crippen molar-refractivity contribution in [3.05, 3.63) is 51.6 Å². The van der Waals surface area contributed by atoms with Gasteiger partial charge in [0.05, 0.1) is 7.11 Å². The predicted molar refractivity (Wildman–Crippen MR) is 75.9 cm³/mol. The lowest BCUT2D eigenvalue weighted by Gasteiger charge is -2.07. The Morgan fingerprint density at radius 2 is 1.69 bits per heavy atom. The molecule has 2 aromatic rings. The Hall–Kier alpha value is -1.03. The molecule has 0 radical (unpaired) electrons. The van der Waals surface area contributed by atoms with E-state index in [0.29, 0.717) is 0 Å². The van der Waals surface area contributed by atoms with Gasteiger partial charge in [0.1, 0.15) is 5.75 Å². The number of methoxy groups -OCH3 is 1. The summed E-state index contributed by atoms with van der Waals surface area (Å²) in [6.45, 7) is 2.10. The number of benzene rings is 2. The number of halogens is 1. The second kappa shape index (κ2) is 4.87. The van der Waals surface area contributed by atoms with Crippen molar-refractivity contribution in [2.75, 3.05) is 7.11 Å². The predicted octanol–water partition coefficient (Wildman–Crippen LogP) is 4.28. The maximum absolute atomic E-state index is 5.25. The van der Waals surface area contributed by atoms with Gasteiger partial charge in [-0.25, -0.2) is 0 Å². The molecule has 16 heavy (non-hydrogen) atoms. The van der Waals surface area contributed by atoms with Crippen LogP contribution in [0.5, 0.6) is 5.75 Å². The summed E-state index contributed by atoms with van der Waals surface area (Å²) in [4.78, 5) is 0. The van der Waals surface area contributed by atoms with Crippen LogP contribution in [-0.4, -0.2) is 7.11 Å². The van der Waals surface area contributed by atoms with E-state index >= 15 is 0 Å². The van der Waals surface area contributed by atoms with E-state index in [1.165, 1.54) is 20.3 Å². The molecule has 1 nitrogen and oxygen atoms in total. The minimum absolute atomic E-state index is 0.899. The molecule has 0 fully saturated rings. The zero-order chi connectivity index (χ0) is 11.5. The van der Waals surface area contributed by atoms with Crippen LogP contribution in [0.2, 0.25) is 0 Å². The summed E-state index contributed by atoms with van der Waals surface area (Å²) in [5, 5.41) is 0. The van der Waals surface area contributed by atoms with E-state index in [-0.39, 0.29) is 0 Å². The fourth-order valence-corrected chi connectivity index (χ4v) is 2.23. The van der Waals surface area contributed by atoms with E-state index in [1.807, 2.05) is 6.07 Å². The van der Waals surface area contributed by atoms with Crippen molar-refractivity contribution in [1.29, 1.82) is 0 Å². The second-order valence-electron chi connectivity index (χ2n) is 3.71. The van der Waals surface area contributed by atoms with E-state index in [0.717, 1.165) is 5.75 Å². The highest BCUT2D eigenvalue weighted by Gasteiger charge is 2.04. The van der Waals surface area contributed by atoms with Crippen LogP contribution in [-0.2, 0) is 0 Å². The maximum Gasteiger partial charge on any atom is 0.119 e. The molecule has 0 atom stereocenters. The average Bonchev–Trinajstić information content (AvgIpc) is 2.31. The van der Waals surface area contributed by atoms with E-state index in [4.69, 9.17) is 4.74 Å². The molecule has 0 bridgehead atoms. The van der Waals surface area contributed by atoms with Gasteiger partial charge >= 0.3 is 0 Å². The van der Waals surface area contributed by atoms with Crippen LogP contribution in [0.25, 0.3) is 11.1 Å². The lowest BCUT2D eigenvalue weighted by Crippen LogP contribution is -1.87. The third-order valence-electron chi connectivity index (χ3n) is 2.54. The molecule has 0 amide bonds. The molecular weight excluding hydrogens is 311 g/mol. The fraction of sp³-hybridized carbons (Fsp3) is 0.143. The van der Waals surface area contributed by atoms with E-state index in [2.05, 4.69) is 65.9 Å². The minimum atomic E-state index is 0.899. The Labute approximate surface area is 110 Å². The highest BCUT2D eigenvalue weighted by Crippen LogP contribution is 2.29. The first-order valence-electron chi connectivity index (χ1n) is 5.11. The van der Waals surface area contributed by atoms with Crippen molar-refractivity contribution in [1.82, 2.24) is 0 Å². The number of rotatable bonds is 2. The van der Waals surface area contributed by atoms with Gasteiger partial charge in [0, 0.05) is 3.57 Å². The summed E-state index contributed by atoms with van der Waals surface area (Å²) in [5.41, 5.74) is 3.73. The van der Waals surface area contributed by atoms with Gasteiger partial charge in [-0.15, -0.1) is 0 Å². The Morgan fingerprint density at radius 1 is 1.00 bits per heavy atom. The second-order valence-corrected chi connectivity index (χ2v) is 4.87. The molecule has 2 heteroatoms. The van der Waals surface area contributed by atoms with Crippen LogP contribution in [0.4, 0.5) is 0 Å². The van der Waals surface area contributed by atoms with Gasteiger partial charge in [0.25, 0.3) is 0 Å². The largest absolute Gasteiger partial charge is 0.497 e. The van der Waals surface area contributed by atoms with Crippen LogP contribution in [0.1, 0.15) is 5.56 Å². The van der Waals surface area contributed by atoms with E-state index in [1.54, 1.807) is 7.11 Å². The molecule has 0 N–H and O–H groups in total. The van der Waals surface area contributed by atoms with E-state index < -0.39 is 0 Å². The number of ether oxygens (including phenoxy) is 1. The van der Waals surface area contributed by atoms with Crippen molar-refractivity contribution in [3.8, 4) is 16.9 Å². The molecular formula is C14H13IO. The molecule has 0 aliphatic carbocycles. The number of aryl methyl sites for hydroxylation is 1. The highest BCUT2D eigenvalue weighted by atomic mass is 127. The Kier molecular flexibility index (Phi) is 3.49. The molecule has 0 heterocycles. The summed E-state index contributed by atoms with van der Waals surface area (Å²) >= 11 is 2.35. The third kappa shape index (κ3) is 2.38. The van der Waals surface area contributed by atoms with Crippen LogP contribution < -0.4 is 4.74 Å². The third-order valence-corrected chi connectivity index (χ3v) is 3.48.